The molecule has 0 atom stereocenters. The third-order valence-corrected chi connectivity index (χ3v) is 6.52. The fourth-order valence-electron chi connectivity index (χ4n) is 2.13. The van der Waals surface area contributed by atoms with Crippen LogP contribution in [0.5, 0.6) is 0 Å². The maximum absolute atomic E-state index is 14.1. The first-order valence-electron chi connectivity index (χ1n) is 6.53. The van der Waals surface area contributed by atoms with Gasteiger partial charge in [0, 0.05) is 23.5 Å². The van der Waals surface area contributed by atoms with E-state index >= 15 is 0 Å². The van der Waals surface area contributed by atoms with E-state index in [9.17, 15) is 17.6 Å². The summed E-state index contributed by atoms with van der Waals surface area (Å²) in [6.45, 7) is 0. The topological polar surface area (TPSA) is 64.1 Å². The first-order chi connectivity index (χ1) is 11.0. The van der Waals surface area contributed by atoms with Crippen molar-refractivity contribution in [2.75, 3.05) is 0 Å². The van der Waals surface area contributed by atoms with Gasteiger partial charge < -0.3 is 0 Å². The molecule has 3 rings (SSSR count). The van der Waals surface area contributed by atoms with E-state index in [4.69, 9.17) is 0 Å². The van der Waals surface area contributed by atoms with Crippen molar-refractivity contribution in [2.24, 2.45) is 0 Å². The molecule has 0 amide bonds. The summed E-state index contributed by atoms with van der Waals surface area (Å²) in [7, 11) is -3.89. The highest BCUT2D eigenvalue weighted by atomic mass is 32.2. The molecule has 7 heteroatoms. The highest BCUT2D eigenvalue weighted by molar-refractivity contribution is 7.93. The van der Waals surface area contributed by atoms with Crippen LogP contribution in [0.2, 0.25) is 0 Å². The third kappa shape index (κ3) is 2.80. The summed E-state index contributed by atoms with van der Waals surface area (Å²) in [6, 6.07) is 10.2. The Bertz CT molecular complexity index is 966. The Morgan fingerprint density at radius 2 is 1.87 bits per heavy atom. The van der Waals surface area contributed by atoms with Gasteiger partial charge in [-0.3, -0.25) is 9.78 Å². The Morgan fingerprint density at radius 3 is 2.52 bits per heavy atom. The van der Waals surface area contributed by atoms with E-state index in [1.54, 1.807) is 6.07 Å². The van der Waals surface area contributed by atoms with Gasteiger partial charge in [-0.25, -0.2) is 12.8 Å². The number of thiophene rings is 1. The second kappa shape index (κ2) is 6.02. The predicted octanol–water partition coefficient (Wildman–Crippen LogP) is 3.59. The molecule has 0 spiro atoms. The molecule has 3 aromatic rings. The molecule has 0 radical (unpaired) electrons. The van der Waals surface area contributed by atoms with Gasteiger partial charge in [0.1, 0.15) is 10.0 Å². The lowest BCUT2D eigenvalue weighted by molar-refractivity contribution is 0.112. The molecule has 0 N–H and O–H groups in total. The van der Waals surface area contributed by atoms with E-state index in [1.165, 1.54) is 48.8 Å². The van der Waals surface area contributed by atoms with Gasteiger partial charge in [0.2, 0.25) is 9.84 Å². The summed E-state index contributed by atoms with van der Waals surface area (Å²) in [4.78, 5) is 15.1. The molecule has 0 bridgehead atoms. The van der Waals surface area contributed by atoms with Gasteiger partial charge in [-0.15, -0.1) is 11.3 Å². The van der Waals surface area contributed by atoms with Crippen molar-refractivity contribution in [3.05, 3.63) is 65.6 Å². The van der Waals surface area contributed by atoms with Crippen LogP contribution in [0.4, 0.5) is 4.39 Å². The van der Waals surface area contributed by atoms with Gasteiger partial charge in [0.15, 0.2) is 6.29 Å². The minimum absolute atomic E-state index is 0.00288. The number of sulfone groups is 1. The SMILES string of the molecule is O=Cc1cc(-c2ccccc2F)c(S(=O)(=O)c2cccnc2)s1. The molecular formula is C16H10FNO3S2. The zero-order chi connectivity index (χ0) is 16.4. The van der Waals surface area contributed by atoms with Crippen LogP contribution in [0.15, 0.2) is 64.0 Å². The Kier molecular flexibility index (Phi) is 4.06. The largest absolute Gasteiger partial charge is 0.297 e. The number of hydrogen-bond donors (Lipinski definition) is 0. The number of rotatable bonds is 4. The molecule has 4 nitrogen and oxygen atoms in total. The number of carbonyl (C=O) groups is 1. The first kappa shape index (κ1) is 15.5. The van der Waals surface area contributed by atoms with Crippen LogP contribution < -0.4 is 0 Å². The van der Waals surface area contributed by atoms with E-state index in [0.29, 0.717) is 6.29 Å². The molecular weight excluding hydrogens is 337 g/mol. The predicted molar refractivity (Wildman–Crippen MR) is 84.8 cm³/mol. The zero-order valence-electron chi connectivity index (χ0n) is 11.6. The van der Waals surface area contributed by atoms with E-state index in [1.807, 2.05) is 0 Å². The fourth-order valence-corrected chi connectivity index (χ4v) is 4.99. The Hall–Kier alpha value is -2.38. The lowest BCUT2D eigenvalue weighted by Gasteiger charge is -2.06. The molecule has 0 unspecified atom stereocenters. The maximum atomic E-state index is 14.1. The molecule has 0 saturated heterocycles. The van der Waals surface area contributed by atoms with Crippen LogP contribution in [-0.2, 0) is 9.84 Å². The lowest BCUT2D eigenvalue weighted by atomic mass is 10.1. The summed E-state index contributed by atoms with van der Waals surface area (Å²) in [5.41, 5.74) is 0.318. The monoisotopic (exact) mass is 347 g/mol. The second-order valence-electron chi connectivity index (χ2n) is 4.64. The van der Waals surface area contributed by atoms with E-state index in [2.05, 4.69) is 4.98 Å². The van der Waals surface area contributed by atoms with Crippen molar-refractivity contribution < 1.29 is 17.6 Å². The van der Waals surface area contributed by atoms with Gasteiger partial charge in [-0.1, -0.05) is 18.2 Å². The van der Waals surface area contributed by atoms with Crippen molar-refractivity contribution in [2.45, 2.75) is 9.10 Å². The van der Waals surface area contributed by atoms with Gasteiger partial charge >= 0.3 is 0 Å². The van der Waals surface area contributed by atoms with Crippen LogP contribution in [0.25, 0.3) is 11.1 Å². The minimum Gasteiger partial charge on any atom is -0.297 e. The molecule has 0 aliphatic rings. The Labute approximate surface area is 136 Å². The maximum Gasteiger partial charge on any atom is 0.218 e. The normalized spacial score (nSPS) is 11.3. The molecule has 0 fully saturated rings. The summed E-state index contributed by atoms with van der Waals surface area (Å²) in [6.07, 6.45) is 3.24. The molecule has 0 aliphatic carbocycles. The lowest BCUT2D eigenvalue weighted by Crippen LogP contribution is -2.02. The zero-order valence-corrected chi connectivity index (χ0v) is 13.3. The van der Waals surface area contributed by atoms with Crippen molar-refractivity contribution >= 4 is 27.5 Å². The molecule has 1 aromatic carbocycles. The van der Waals surface area contributed by atoms with Crippen molar-refractivity contribution in [3.63, 3.8) is 0 Å². The van der Waals surface area contributed by atoms with Crippen LogP contribution in [0.1, 0.15) is 9.67 Å². The number of benzene rings is 1. The van der Waals surface area contributed by atoms with Crippen LogP contribution >= 0.6 is 11.3 Å². The van der Waals surface area contributed by atoms with Crippen LogP contribution in [-0.4, -0.2) is 19.7 Å². The van der Waals surface area contributed by atoms with Gasteiger partial charge in [0.25, 0.3) is 0 Å². The Balaban J connectivity index is 2.27. The summed E-state index contributed by atoms with van der Waals surface area (Å²) in [5.74, 6) is -0.551. The Morgan fingerprint density at radius 1 is 1.09 bits per heavy atom. The molecule has 2 heterocycles. The van der Waals surface area contributed by atoms with E-state index in [0.717, 1.165) is 11.3 Å². The second-order valence-corrected chi connectivity index (χ2v) is 7.87. The smallest absolute Gasteiger partial charge is 0.218 e. The summed E-state index contributed by atoms with van der Waals surface area (Å²) >= 11 is 0.814. The standard InChI is InChI=1S/C16H10FNO3S2/c17-15-6-2-1-5-13(15)14-8-11(10-19)22-16(14)23(20,21)12-4-3-7-18-9-12/h1-10H. The number of pyridine rings is 1. The number of hydrogen-bond acceptors (Lipinski definition) is 5. The van der Waals surface area contributed by atoms with Crippen molar-refractivity contribution in [1.82, 2.24) is 4.98 Å². The van der Waals surface area contributed by atoms with Crippen molar-refractivity contribution in [3.8, 4) is 11.1 Å². The molecule has 0 saturated carbocycles. The first-order valence-corrected chi connectivity index (χ1v) is 8.83. The average molecular weight is 347 g/mol. The fraction of sp³-hybridized carbons (Fsp3) is 0. The summed E-state index contributed by atoms with van der Waals surface area (Å²) in [5, 5.41) is 0. The van der Waals surface area contributed by atoms with E-state index < -0.39 is 15.7 Å². The molecule has 23 heavy (non-hydrogen) atoms. The highest BCUT2D eigenvalue weighted by Crippen LogP contribution is 2.38. The molecule has 0 aliphatic heterocycles. The quantitative estimate of drug-likeness (QED) is 0.677. The van der Waals surface area contributed by atoms with Gasteiger partial charge in [-0.05, 0) is 24.3 Å². The van der Waals surface area contributed by atoms with Crippen molar-refractivity contribution in [1.29, 1.82) is 0 Å². The number of halogens is 1. The molecule has 2 aromatic heterocycles. The third-order valence-electron chi connectivity index (χ3n) is 3.19. The van der Waals surface area contributed by atoms with E-state index in [-0.39, 0.29) is 25.1 Å². The van der Waals surface area contributed by atoms with Gasteiger partial charge in [0.05, 0.1) is 9.77 Å². The number of carbonyl (C=O) groups excluding carboxylic acids is 1. The molecule has 116 valence electrons. The van der Waals surface area contributed by atoms with Crippen LogP contribution in [0.3, 0.4) is 0 Å². The number of aldehydes is 1. The number of aromatic nitrogens is 1. The average Bonchev–Trinajstić information content (AvgIpc) is 3.01. The highest BCUT2D eigenvalue weighted by Gasteiger charge is 2.26. The summed E-state index contributed by atoms with van der Waals surface area (Å²) < 4.78 is 39.6. The van der Waals surface area contributed by atoms with Gasteiger partial charge in [-0.2, -0.15) is 0 Å². The minimum atomic E-state index is -3.89. The number of nitrogens with zero attached hydrogens (tertiary/aromatic N) is 1. The van der Waals surface area contributed by atoms with Crippen LogP contribution in [0, 0.1) is 5.82 Å².